The molecule has 17 heavy (non-hydrogen) atoms. The molecule has 0 fully saturated rings. The van der Waals surface area contributed by atoms with Gasteiger partial charge >= 0.3 is 0 Å². The second-order valence-electron chi connectivity index (χ2n) is 4.36. The van der Waals surface area contributed by atoms with Gasteiger partial charge in [-0.05, 0) is 17.0 Å². The Bertz CT molecular complexity index is 325. The third kappa shape index (κ3) is 4.79. The third-order valence-electron chi connectivity index (χ3n) is 2.57. The predicted octanol–water partition coefficient (Wildman–Crippen LogP) is 3.09. The molecule has 1 atom stereocenters. The third-order valence-corrected chi connectivity index (χ3v) is 2.57. The Labute approximate surface area is 101 Å². The number of hydrogen-bond donors (Lipinski definition) is 1. The van der Waals surface area contributed by atoms with Gasteiger partial charge in [-0.2, -0.15) is 0 Å². The molecule has 2 N–H and O–H groups in total. The first-order chi connectivity index (χ1) is 8.00. The first-order valence-electron chi connectivity index (χ1n) is 5.72. The Hall–Kier alpha value is -1.00. The van der Waals surface area contributed by atoms with Crippen molar-refractivity contribution in [2.45, 2.75) is 32.2 Å². The lowest BCUT2D eigenvalue weighted by atomic mass is 10.00. The van der Waals surface area contributed by atoms with Crippen LogP contribution in [0.1, 0.15) is 36.9 Å². The van der Waals surface area contributed by atoms with Gasteiger partial charge in [-0.3, -0.25) is 0 Å². The van der Waals surface area contributed by atoms with Crippen LogP contribution in [0.5, 0.6) is 0 Å². The highest BCUT2D eigenvalue weighted by Gasteiger charge is 2.09. The molecule has 0 aliphatic heterocycles. The van der Waals surface area contributed by atoms with Gasteiger partial charge in [-0.25, -0.2) is 8.78 Å². The maximum Gasteiger partial charge on any atom is 0.261 e. The van der Waals surface area contributed by atoms with Crippen molar-refractivity contribution >= 4 is 0 Å². The number of halogens is 2. The number of rotatable bonds is 6. The molecule has 1 aromatic rings. The topological polar surface area (TPSA) is 35.2 Å². The molecule has 0 aliphatic rings. The Morgan fingerprint density at radius 2 is 1.59 bits per heavy atom. The summed E-state index contributed by atoms with van der Waals surface area (Å²) in [6.45, 7) is 3.78. The Balaban J connectivity index is 2.48. The van der Waals surface area contributed by atoms with Crippen LogP contribution in [0.4, 0.5) is 8.78 Å². The monoisotopic (exact) mass is 243 g/mol. The lowest BCUT2D eigenvalue weighted by molar-refractivity contribution is 0.0125. The van der Waals surface area contributed by atoms with Crippen LogP contribution in [-0.4, -0.2) is 19.6 Å². The normalized spacial score (nSPS) is 13.4. The average Bonchev–Trinajstić information content (AvgIpc) is 2.28. The van der Waals surface area contributed by atoms with Gasteiger partial charge in [0.25, 0.3) is 6.43 Å². The van der Waals surface area contributed by atoms with Crippen molar-refractivity contribution in [1.29, 1.82) is 0 Å². The molecule has 0 amide bonds. The smallest absolute Gasteiger partial charge is 0.261 e. The van der Waals surface area contributed by atoms with E-state index in [0.717, 1.165) is 5.56 Å². The van der Waals surface area contributed by atoms with E-state index in [-0.39, 0.29) is 12.6 Å². The lowest BCUT2D eigenvalue weighted by Gasteiger charge is -2.13. The van der Waals surface area contributed by atoms with Gasteiger partial charge in [-0.15, -0.1) is 0 Å². The first-order valence-corrected chi connectivity index (χ1v) is 5.72. The van der Waals surface area contributed by atoms with E-state index in [4.69, 9.17) is 10.5 Å². The maximum absolute atomic E-state index is 11.9. The van der Waals surface area contributed by atoms with Gasteiger partial charge in [0.05, 0.1) is 12.6 Å². The second kappa shape index (κ2) is 6.67. The van der Waals surface area contributed by atoms with E-state index in [0.29, 0.717) is 5.92 Å². The highest BCUT2D eigenvalue weighted by Crippen LogP contribution is 2.17. The summed E-state index contributed by atoms with van der Waals surface area (Å²) >= 11 is 0. The highest BCUT2D eigenvalue weighted by atomic mass is 19.3. The summed E-state index contributed by atoms with van der Waals surface area (Å²) in [6, 6.07) is 7.51. The average molecular weight is 243 g/mol. The maximum atomic E-state index is 11.9. The summed E-state index contributed by atoms with van der Waals surface area (Å²) in [4.78, 5) is 0. The molecule has 0 aliphatic carbocycles. The molecule has 0 radical (unpaired) electrons. The van der Waals surface area contributed by atoms with E-state index in [1.807, 2.05) is 24.3 Å². The van der Waals surface area contributed by atoms with Crippen molar-refractivity contribution in [3.05, 3.63) is 35.4 Å². The number of ether oxygens (including phenoxy) is 1. The minimum absolute atomic E-state index is 0.116. The van der Waals surface area contributed by atoms with Crippen molar-refractivity contribution in [1.82, 2.24) is 0 Å². The quantitative estimate of drug-likeness (QED) is 0.833. The van der Waals surface area contributed by atoms with Crippen molar-refractivity contribution in [3.8, 4) is 0 Å². The first kappa shape index (κ1) is 14.1. The number of benzene rings is 1. The molecule has 96 valence electrons. The predicted molar refractivity (Wildman–Crippen MR) is 64.3 cm³/mol. The molecule has 2 nitrogen and oxygen atoms in total. The van der Waals surface area contributed by atoms with Gasteiger partial charge in [0.1, 0.15) is 6.61 Å². The molecule has 0 heterocycles. The molecule has 0 aromatic heterocycles. The Kier molecular flexibility index (Phi) is 5.51. The fraction of sp³-hybridized carbons (Fsp3) is 0.538. The minimum Gasteiger partial charge on any atom is -0.374 e. The van der Waals surface area contributed by atoms with Gasteiger partial charge in [0.2, 0.25) is 0 Å². The fourth-order valence-electron chi connectivity index (χ4n) is 1.51. The molecule has 0 bridgehead atoms. The fourth-order valence-corrected chi connectivity index (χ4v) is 1.51. The van der Waals surface area contributed by atoms with E-state index < -0.39 is 13.0 Å². The highest BCUT2D eigenvalue weighted by molar-refractivity contribution is 5.26. The summed E-state index contributed by atoms with van der Waals surface area (Å²) in [5.74, 6) is 0.468. The largest absolute Gasteiger partial charge is 0.374 e. The zero-order valence-electron chi connectivity index (χ0n) is 10.2. The van der Waals surface area contributed by atoms with Crippen LogP contribution in [0.15, 0.2) is 24.3 Å². The molecule has 1 unspecified atom stereocenters. The Morgan fingerprint density at radius 3 is 2.06 bits per heavy atom. The van der Waals surface area contributed by atoms with Crippen LogP contribution in [-0.2, 0) is 4.74 Å². The van der Waals surface area contributed by atoms with Crippen LogP contribution in [0.2, 0.25) is 0 Å². The molecular formula is C13H19F2NO. The van der Waals surface area contributed by atoms with E-state index in [1.54, 1.807) is 0 Å². The second-order valence-corrected chi connectivity index (χ2v) is 4.36. The van der Waals surface area contributed by atoms with Crippen LogP contribution in [0.3, 0.4) is 0 Å². The lowest BCUT2D eigenvalue weighted by Crippen LogP contribution is -2.19. The van der Waals surface area contributed by atoms with Crippen molar-refractivity contribution in [3.63, 3.8) is 0 Å². The SMILES string of the molecule is CC(C)c1ccc(C(N)COCC(F)F)cc1. The van der Waals surface area contributed by atoms with Gasteiger partial charge < -0.3 is 10.5 Å². The van der Waals surface area contributed by atoms with Crippen molar-refractivity contribution in [2.24, 2.45) is 5.73 Å². The molecule has 1 aromatic carbocycles. The van der Waals surface area contributed by atoms with E-state index in [1.165, 1.54) is 5.56 Å². The zero-order chi connectivity index (χ0) is 12.8. The summed E-state index contributed by atoms with van der Waals surface area (Å²) in [5, 5.41) is 0. The molecular weight excluding hydrogens is 224 g/mol. The summed E-state index contributed by atoms with van der Waals surface area (Å²) in [5.41, 5.74) is 7.97. The Morgan fingerprint density at radius 1 is 1.06 bits per heavy atom. The number of nitrogens with two attached hydrogens (primary N) is 1. The molecule has 4 heteroatoms. The van der Waals surface area contributed by atoms with E-state index in [9.17, 15) is 8.78 Å². The standard InChI is InChI=1S/C13H19F2NO/c1-9(2)10-3-5-11(6-4-10)12(16)7-17-8-13(14)15/h3-6,9,12-13H,7-8,16H2,1-2H3. The van der Waals surface area contributed by atoms with Gasteiger partial charge in [0, 0.05) is 0 Å². The summed E-state index contributed by atoms with van der Waals surface area (Å²) < 4.78 is 28.5. The van der Waals surface area contributed by atoms with Crippen molar-refractivity contribution in [2.75, 3.05) is 13.2 Å². The number of hydrogen-bond acceptors (Lipinski definition) is 2. The van der Waals surface area contributed by atoms with Crippen LogP contribution in [0, 0.1) is 0 Å². The molecule has 0 saturated carbocycles. The van der Waals surface area contributed by atoms with Gasteiger partial charge in [-0.1, -0.05) is 38.1 Å². The molecule has 0 spiro atoms. The van der Waals surface area contributed by atoms with E-state index >= 15 is 0 Å². The summed E-state index contributed by atoms with van der Waals surface area (Å²) in [6.07, 6.45) is -2.44. The molecule has 1 rings (SSSR count). The van der Waals surface area contributed by atoms with Crippen LogP contribution in [0.25, 0.3) is 0 Å². The van der Waals surface area contributed by atoms with Crippen LogP contribution < -0.4 is 5.73 Å². The van der Waals surface area contributed by atoms with Gasteiger partial charge in [0.15, 0.2) is 0 Å². The van der Waals surface area contributed by atoms with Crippen molar-refractivity contribution < 1.29 is 13.5 Å². The minimum atomic E-state index is -2.44. The zero-order valence-corrected chi connectivity index (χ0v) is 10.2. The van der Waals surface area contributed by atoms with E-state index in [2.05, 4.69) is 13.8 Å². The van der Waals surface area contributed by atoms with Crippen LogP contribution >= 0.6 is 0 Å². The molecule has 0 saturated heterocycles. The number of alkyl halides is 2. The summed E-state index contributed by atoms with van der Waals surface area (Å²) in [7, 11) is 0.